The predicted molar refractivity (Wildman–Crippen MR) is 72.8 cm³/mol. The van der Waals surface area contributed by atoms with Crippen LogP contribution in [-0.4, -0.2) is 16.8 Å². The van der Waals surface area contributed by atoms with Crippen LogP contribution in [0.25, 0.3) is 0 Å². The van der Waals surface area contributed by atoms with E-state index in [1.165, 1.54) is 31.7 Å². The highest BCUT2D eigenvalue weighted by Gasteiger charge is 2.41. The van der Waals surface area contributed by atoms with Crippen LogP contribution in [0, 0.1) is 5.41 Å². The van der Waals surface area contributed by atoms with Crippen molar-refractivity contribution in [2.45, 2.75) is 45.6 Å². The summed E-state index contributed by atoms with van der Waals surface area (Å²) in [5.41, 5.74) is 1.36. The van der Waals surface area contributed by atoms with E-state index in [4.69, 9.17) is 0 Å². The van der Waals surface area contributed by atoms with Crippen LogP contribution >= 0.6 is 0 Å². The second-order valence-electron chi connectivity index (χ2n) is 5.60. The van der Waals surface area contributed by atoms with Crippen molar-refractivity contribution in [2.75, 3.05) is 6.54 Å². The van der Waals surface area contributed by atoms with Crippen molar-refractivity contribution in [3.8, 4) is 11.5 Å². The maximum Gasteiger partial charge on any atom is 0.124 e. The molecule has 1 unspecified atom stereocenters. The molecule has 0 aromatic heterocycles. The number of hydrogen-bond donors (Lipinski definition) is 3. The van der Waals surface area contributed by atoms with E-state index in [1.807, 2.05) is 6.92 Å². The molecule has 0 bridgehead atoms. The van der Waals surface area contributed by atoms with Crippen molar-refractivity contribution in [1.29, 1.82) is 0 Å². The SMILES string of the molecule is CCCC1(CNC(C)c2ccc(O)cc2O)CC1. The second-order valence-corrected chi connectivity index (χ2v) is 5.60. The summed E-state index contributed by atoms with van der Waals surface area (Å²) < 4.78 is 0. The second kappa shape index (κ2) is 5.19. The van der Waals surface area contributed by atoms with Gasteiger partial charge in [-0.15, -0.1) is 0 Å². The van der Waals surface area contributed by atoms with E-state index < -0.39 is 0 Å². The number of phenols is 2. The zero-order valence-electron chi connectivity index (χ0n) is 11.2. The molecule has 0 saturated heterocycles. The van der Waals surface area contributed by atoms with Crippen LogP contribution in [0.3, 0.4) is 0 Å². The molecule has 18 heavy (non-hydrogen) atoms. The zero-order chi connectivity index (χ0) is 13.2. The Morgan fingerprint density at radius 2 is 2.06 bits per heavy atom. The Balaban J connectivity index is 1.93. The Kier molecular flexibility index (Phi) is 3.81. The summed E-state index contributed by atoms with van der Waals surface area (Å²) in [4.78, 5) is 0. The molecule has 1 aliphatic carbocycles. The lowest BCUT2D eigenvalue weighted by atomic mass is 9.99. The molecule has 0 aliphatic heterocycles. The van der Waals surface area contributed by atoms with Crippen molar-refractivity contribution in [3.05, 3.63) is 23.8 Å². The van der Waals surface area contributed by atoms with Crippen LogP contribution in [-0.2, 0) is 0 Å². The summed E-state index contributed by atoms with van der Waals surface area (Å²) in [6, 6.07) is 4.90. The predicted octanol–water partition coefficient (Wildman–Crippen LogP) is 3.33. The fourth-order valence-electron chi connectivity index (χ4n) is 2.60. The van der Waals surface area contributed by atoms with Crippen LogP contribution in [0.1, 0.15) is 51.1 Å². The van der Waals surface area contributed by atoms with Crippen molar-refractivity contribution < 1.29 is 10.2 Å². The first-order valence-electron chi connectivity index (χ1n) is 6.81. The Morgan fingerprint density at radius 3 is 2.61 bits per heavy atom. The Hall–Kier alpha value is -1.22. The first-order chi connectivity index (χ1) is 8.56. The molecule has 3 N–H and O–H groups in total. The highest BCUT2D eigenvalue weighted by atomic mass is 16.3. The van der Waals surface area contributed by atoms with Gasteiger partial charge in [0.2, 0.25) is 0 Å². The van der Waals surface area contributed by atoms with Crippen LogP contribution < -0.4 is 5.32 Å². The molecule has 1 atom stereocenters. The molecule has 1 aliphatic rings. The molecule has 0 radical (unpaired) electrons. The minimum absolute atomic E-state index is 0.105. The average molecular weight is 249 g/mol. The summed E-state index contributed by atoms with van der Waals surface area (Å²) in [5, 5.41) is 22.6. The Labute approximate surface area is 109 Å². The molecule has 3 nitrogen and oxygen atoms in total. The van der Waals surface area contributed by atoms with Gasteiger partial charge in [0.05, 0.1) is 0 Å². The van der Waals surface area contributed by atoms with E-state index in [-0.39, 0.29) is 17.5 Å². The van der Waals surface area contributed by atoms with Gasteiger partial charge in [0, 0.05) is 24.2 Å². The molecule has 2 rings (SSSR count). The maximum absolute atomic E-state index is 9.81. The monoisotopic (exact) mass is 249 g/mol. The van der Waals surface area contributed by atoms with Crippen LogP contribution in [0.15, 0.2) is 18.2 Å². The van der Waals surface area contributed by atoms with Gasteiger partial charge < -0.3 is 15.5 Å². The molecule has 1 fully saturated rings. The summed E-state index contributed by atoms with van der Waals surface area (Å²) in [5.74, 6) is 0.267. The van der Waals surface area contributed by atoms with Gasteiger partial charge in [-0.3, -0.25) is 0 Å². The maximum atomic E-state index is 9.81. The number of nitrogens with one attached hydrogen (secondary N) is 1. The molecular formula is C15H23NO2. The number of aromatic hydroxyl groups is 2. The quantitative estimate of drug-likeness (QED) is 0.725. The van der Waals surface area contributed by atoms with Gasteiger partial charge in [0.15, 0.2) is 0 Å². The van der Waals surface area contributed by atoms with E-state index in [0.29, 0.717) is 5.41 Å². The Morgan fingerprint density at radius 1 is 1.33 bits per heavy atom. The van der Waals surface area contributed by atoms with Crippen molar-refractivity contribution in [3.63, 3.8) is 0 Å². The summed E-state index contributed by atoms with van der Waals surface area (Å²) in [6.45, 7) is 5.30. The molecule has 100 valence electrons. The van der Waals surface area contributed by atoms with E-state index in [0.717, 1.165) is 12.1 Å². The molecule has 0 spiro atoms. The third-order valence-corrected chi connectivity index (χ3v) is 4.00. The van der Waals surface area contributed by atoms with Gasteiger partial charge in [-0.2, -0.15) is 0 Å². The van der Waals surface area contributed by atoms with E-state index in [9.17, 15) is 10.2 Å². The molecular weight excluding hydrogens is 226 g/mol. The molecule has 1 aromatic rings. The van der Waals surface area contributed by atoms with E-state index >= 15 is 0 Å². The number of hydrogen-bond acceptors (Lipinski definition) is 3. The molecule has 0 heterocycles. The normalized spacial score (nSPS) is 18.6. The minimum Gasteiger partial charge on any atom is -0.508 e. The fraction of sp³-hybridized carbons (Fsp3) is 0.600. The van der Waals surface area contributed by atoms with E-state index in [2.05, 4.69) is 12.2 Å². The number of rotatable bonds is 6. The number of benzene rings is 1. The van der Waals surface area contributed by atoms with Gasteiger partial charge >= 0.3 is 0 Å². The standard InChI is InChI=1S/C15H23NO2/c1-3-6-15(7-8-15)10-16-11(2)13-5-4-12(17)9-14(13)18/h4-5,9,11,16-18H,3,6-8,10H2,1-2H3. The first kappa shape index (κ1) is 13.2. The van der Waals surface area contributed by atoms with Crippen LogP contribution in [0.5, 0.6) is 11.5 Å². The molecule has 3 heteroatoms. The summed E-state index contributed by atoms with van der Waals surface area (Å²) in [7, 11) is 0. The number of phenolic OH excluding ortho intramolecular Hbond substituents is 2. The first-order valence-corrected chi connectivity index (χ1v) is 6.81. The smallest absolute Gasteiger partial charge is 0.124 e. The van der Waals surface area contributed by atoms with Gasteiger partial charge in [-0.1, -0.05) is 19.4 Å². The molecule has 0 amide bonds. The largest absolute Gasteiger partial charge is 0.508 e. The van der Waals surface area contributed by atoms with Gasteiger partial charge in [0.1, 0.15) is 11.5 Å². The van der Waals surface area contributed by atoms with Gasteiger partial charge in [-0.05, 0) is 37.7 Å². The summed E-state index contributed by atoms with van der Waals surface area (Å²) >= 11 is 0. The van der Waals surface area contributed by atoms with Crippen LogP contribution in [0.2, 0.25) is 0 Å². The summed E-state index contributed by atoms with van der Waals surface area (Å²) in [6.07, 6.45) is 5.17. The lowest BCUT2D eigenvalue weighted by Crippen LogP contribution is -2.26. The Bertz CT molecular complexity index is 413. The molecule has 1 aromatic carbocycles. The zero-order valence-corrected chi connectivity index (χ0v) is 11.2. The lowest BCUT2D eigenvalue weighted by Gasteiger charge is -2.20. The highest BCUT2D eigenvalue weighted by molar-refractivity contribution is 5.40. The van der Waals surface area contributed by atoms with E-state index in [1.54, 1.807) is 12.1 Å². The highest BCUT2D eigenvalue weighted by Crippen LogP contribution is 2.49. The third-order valence-electron chi connectivity index (χ3n) is 4.00. The van der Waals surface area contributed by atoms with Gasteiger partial charge in [0.25, 0.3) is 0 Å². The molecule has 1 saturated carbocycles. The van der Waals surface area contributed by atoms with Crippen molar-refractivity contribution >= 4 is 0 Å². The minimum atomic E-state index is 0.105. The van der Waals surface area contributed by atoms with Crippen molar-refractivity contribution in [2.24, 2.45) is 5.41 Å². The average Bonchev–Trinajstić information content (AvgIpc) is 3.07. The third kappa shape index (κ3) is 2.96. The fourth-order valence-corrected chi connectivity index (χ4v) is 2.60. The van der Waals surface area contributed by atoms with Crippen LogP contribution in [0.4, 0.5) is 0 Å². The topological polar surface area (TPSA) is 52.5 Å². The van der Waals surface area contributed by atoms with Gasteiger partial charge in [-0.25, -0.2) is 0 Å². The van der Waals surface area contributed by atoms with Crippen molar-refractivity contribution in [1.82, 2.24) is 5.32 Å². The lowest BCUT2D eigenvalue weighted by molar-refractivity contribution is 0.387.